The van der Waals surface area contributed by atoms with Crippen LogP contribution in [0.3, 0.4) is 0 Å². The third kappa shape index (κ3) is 4.04. The van der Waals surface area contributed by atoms with Crippen molar-refractivity contribution in [3.8, 4) is 0 Å². The number of amides is 1. The number of nitrogens with one attached hydrogen (secondary N) is 1. The van der Waals surface area contributed by atoms with Crippen molar-refractivity contribution in [1.82, 2.24) is 15.3 Å². The molecule has 0 radical (unpaired) electrons. The van der Waals surface area contributed by atoms with Crippen LogP contribution in [0.15, 0.2) is 42.7 Å². The van der Waals surface area contributed by atoms with Gasteiger partial charge in [-0.2, -0.15) is 0 Å². The van der Waals surface area contributed by atoms with Crippen molar-refractivity contribution in [2.75, 3.05) is 18.0 Å². The van der Waals surface area contributed by atoms with E-state index in [2.05, 4.69) is 29.1 Å². The van der Waals surface area contributed by atoms with Crippen LogP contribution in [0.5, 0.6) is 0 Å². The second kappa shape index (κ2) is 8.12. The fraction of sp³-hybridized carbons (Fsp3) is 0.353. The maximum atomic E-state index is 11.9. The molecule has 0 bridgehead atoms. The molecule has 1 N–H and O–H groups in total. The third-order valence-electron chi connectivity index (χ3n) is 3.35. The first kappa shape index (κ1) is 15.9. The first-order valence-corrected chi connectivity index (χ1v) is 7.69. The normalized spacial score (nSPS) is 10.3. The molecule has 0 aliphatic carbocycles. The lowest BCUT2D eigenvalue weighted by atomic mass is 10.3. The van der Waals surface area contributed by atoms with Crippen LogP contribution >= 0.6 is 0 Å². The third-order valence-corrected chi connectivity index (χ3v) is 3.35. The lowest BCUT2D eigenvalue weighted by molar-refractivity contribution is 0.0948. The summed E-state index contributed by atoms with van der Waals surface area (Å²) in [7, 11) is 0. The maximum absolute atomic E-state index is 11.9. The topological polar surface area (TPSA) is 58.1 Å². The minimum Gasteiger partial charge on any atom is -0.351 e. The van der Waals surface area contributed by atoms with E-state index in [9.17, 15) is 4.79 Å². The number of para-hydroxylation sites is 1. The second-order valence-corrected chi connectivity index (χ2v) is 4.95. The summed E-state index contributed by atoms with van der Waals surface area (Å²) in [6.45, 7) is 5.59. The Morgan fingerprint density at radius 2 is 1.91 bits per heavy atom. The number of nitrogens with zero attached hydrogens (tertiary/aromatic N) is 3. The van der Waals surface area contributed by atoms with E-state index in [0.29, 0.717) is 12.2 Å². The molecule has 0 aliphatic heterocycles. The van der Waals surface area contributed by atoms with E-state index < -0.39 is 0 Å². The molecule has 1 aromatic heterocycles. The highest BCUT2D eigenvalue weighted by Crippen LogP contribution is 2.21. The highest BCUT2D eigenvalue weighted by Gasteiger charge is 2.11. The first-order chi connectivity index (χ1) is 10.8. The minimum atomic E-state index is -0.171. The number of unbranched alkanes of at least 4 members (excludes halogenated alkanes) is 1. The van der Waals surface area contributed by atoms with Crippen molar-refractivity contribution in [2.24, 2.45) is 0 Å². The molecule has 0 atom stereocenters. The van der Waals surface area contributed by atoms with Crippen LogP contribution in [0.4, 0.5) is 11.5 Å². The molecule has 5 nitrogen and oxygen atoms in total. The molecule has 0 aliphatic rings. The molecule has 0 fully saturated rings. The lowest BCUT2D eigenvalue weighted by Gasteiger charge is -2.21. The molecule has 1 aromatic carbocycles. The Balaban J connectivity index is 2.09. The quantitative estimate of drug-likeness (QED) is 0.798. The summed E-state index contributed by atoms with van der Waals surface area (Å²) in [5.74, 6) is 0.564. The summed E-state index contributed by atoms with van der Waals surface area (Å²) in [5.41, 5.74) is 1.41. The van der Waals surface area contributed by atoms with Gasteiger partial charge in [0.15, 0.2) is 5.82 Å². The summed E-state index contributed by atoms with van der Waals surface area (Å²) in [4.78, 5) is 22.6. The molecular weight excluding hydrogens is 276 g/mol. The Morgan fingerprint density at radius 1 is 1.14 bits per heavy atom. The van der Waals surface area contributed by atoms with Crippen LogP contribution in [-0.4, -0.2) is 29.0 Å². The largest absolute Gasteiger partial charge is 0.351 e. The van der Waals surface area contributed by atoms with Crippen molar-refractivity contribution in [3.05, 3.63) is 48.4 Å². The Morgan fingerprint density at radius 3 is 2.50 bits per heavy atom. The maximum Gasteiger partial charge on any atom is 0.271 e. The number of hydrogen-bond acceptors (Lipinski definition) is 4. The van der Waals surface area contributed by atoms with E-state index in [0.717, 1.165) is 30.9 Å². The number of carbonyl (C=O) groups is 1. The molecule has 116 valence electrons. The SMILES string of the molecule is CCCCNC(=O)c1cnc(N(CC)c2ccccc2)cn1. The molecule has 0 spiro atoms. The van der Waals surface area contributed by atoms with Gasteiger partial charge in [0.05, 0.1) is 12.4 Å². The standard InChI is InChI=1S/C17H22N4O/c1-3-5-11-18-17(22)15-12-20-16(13-19-15)21(4-2)14-9-7-6-8-10-14/h6-10,12-13H,3-5,11H2,1-2H3,(H,18,22). The molecule has 2 rings (SSSR count). The van der Waals surface area contributed by atoms with Gasteiger partial charge in [-0.25, -0.2) is 9.97 Å². The molecule has 0 unspecified atom stereocenters. The fourth-order valence-electron chi connectivity index (χ4n) is 2.13. The summed E-state index contributed by atoms with van der Waals surface area (Å²) in [6, 6.07) is 10.0. The van der Waals surface area contributed by atoms with Crippen LogP contribution in [0.25, 0.3) is 0 Å². The van der Waals surface area contributed by atoms with Gasteiger partial charge in [0.2, 0.25) is 0 Å². The zero-order valence-electron chi connectivity index (χ0n) is 13.1. The van der Waals surface area contributed by atoms with E-state index in [4.69, 9.17) is 0 Å². The van der Waals surface area contributed by atoms with Gasteiger partial charge in [-0.05, 0) is 25.5 Å². The predicted molar refractivity (Wildman–Crippen MR) is 88.4 cm³/mol. The van der Waals surface area contributed by atoms with Gasteiger partial charge in [-0.1, -0.05) is 31.5 Å². The van der Waals surface area contributed by atoms with Gasteiger partial charge in [-0.3, -0.25) is 4.79 Å². The van der Waals surface area contributed by atoms with Gasteiger partial charge in [0.25, 0.3) is 5.91 Å². The van der Waals surface area contributed by atoms with Crippen LogP contribution in [-0.2, 0) is 0 Å². The van der Waals surface area contributed by atoms with Crippen LogP contribution in [0.1, 0.15) is 37.2 Å². The first-order valence-electron chi connectivity index (χ1n) is 7.69. The number of rotatable bonds is 7. The molecule has 2 aromatic rings. The fourth-order valence-corrected chi connectivity index (χ4v) is 2.13. The highest BCUT2D eigenvalue weighted by atomic mass is 16.1. The molecule has 22 heavy (non-hydrogen) atoms. The van der Waals surface area contributed by atoms with Crippen molar-refractivity contribution in [3.63, 3.8) is 0 Å². The molecule has 0 saturated carbocycles. The zero-order valence-corrected chi connectivity index (χ0v) is 13.1. The molecular formula is C17H22N4O. The van der Waals surface area contributed by atoms with Crippen LogP contribution in [0.2, 0.25) is 0 Å². The second-order valence-electron chi connectivity index (χ2n) is 4.95. The van der Waals surface area contributed by atoms with E-state index in [1.165, 1.54) is 6.20 Å². The highest BCUT2D eigenvalue weighted by molar-refractivity contribution is 5.92. The van der Waals surface area contributed by atoms with Gasteiger partial charge >= 0.3 is 0 Å². The average molecular weight is 298 g/mol. The zero-order chi connectivity index (χ0) is 15.8. The number of hydrogen-bond donors (Lipinski definition) is 1. The number of aromatic nitrogens is 2. The summed E-state index contributed by atoms with van der Waals surface area (Å²) in [6.07, 6.45) is 5.19. The van der Waals surface area contributed by atoms with Crippen LogP contribution in [0, 0.1) is 0 Å². The number of benzene rings is 1. The van der Waals surface area contributed by atoms with Gasteiger partial charge < -0.3 is 10.2 Å². The molecule has 5 heteroatoms. The van der Waals surface area contributed by atoms with E-state index in [1.807, 2.05) is 35.2 Å². The molecule has 1 heterocycles. The van der Waals surface area contributed by atoms with Crippen molar-refractivity contribution in [2.45, 2.75) is 26.7 Å². The Bertz CT molecular complexity index is 583. The van der Waals surface area contributed by atoms with Gasteiger partial charge in [-0.15, -0.1) is 0 Å². The predicted octanol–water partition coefficient (Wildman–Crippen LogP) is 3.16. The summed E-state index contributed by atoms with van der Waals surface area (Å²) in [5, 5.41) is 2.84. The number of anilines is 2. The Hall–Kier alpha value is -2.43. The molecule has 1 amide bonds. The van der Waals surface area contributed by atoms with Crippen molar-refractivity contribution < 1.29 is 4.79 Å². The monoisotopic (exact) mass is 298 g/mol. The number of carbonyl (C=O) groups excluding carboxylic acids is 1. The minimum absolute atomic E-state index is 0.171. The van der Waals surface area contributed by atoms with E-state index in [1.54, 1.807) is 6.20 Å². The Kier molecular flexibility index (Phi) is 5.89. The van der Waals surface area contributed by atoms with E-state index >= 15 is 0 Å². The summed E-state index contributed by atoms with van der Waals surface area (Å²) < 4.78 is 0. The lowest BCUT2D eigenvalue weighted by Crippen LogP contribution is -2.26. The van der Waals surface area contributed by atoms with Crippen molar-refractivity contribution in [1.29, 1.82) is 0 Å². The summed E-state index contributed by atoms with van der Waals surface area (Å²) >= 11 is 0. The van der Waals surface area contributed by atoms with E-state index in [-0.39, 0.29) is 5.91 Å². The van der Waals surface area contributed by atoms with Crippen LogP contribution < -0.4 is 10.2 Å². The van der Waals surface area contributed by atoms with Crippen molar-refractivity contribution >= 4 is 17.4 Å². The molecule has 0 saturated heterocycles. The average Bonchev–Trinajstić information content (AvgIpc) is 2.57. The Labute approximate surface area is 131 Å². The van der Waals surface area contributed by atoms with Gasteiger partial charge in [0.1, 0.15) is 5.69 Å². The smallest absolute Gasteiger partial charge is 0.271 e. The van der Waals surface area contributed by atoms with Gasteiger partial charge in [0, 0.05) is 18.8 Å².